The second-order valence-corrected chi connectivity index (χ2v) is 5.89. The molecule has 1 aliphatic heterocycles. The highest BCUT2D eigenvalue weighted by Crippen LogP contribution is 2.35. The highest BCUT2D eigenvalue weighted by molar-refractivity contribution is 4.90. The first kappa shape index (κ1) is 12.4. The summed E-state index contributed by atoms with van der Waals surface area (Å²) in [4.78, 5) is 0. The molecule has 0 aromatic rings. The van der Waals surface area contributed by atoms with Crippen LogP contribution in [-0.2, 0) is 4.74 Å². The monoisotopic (exact) mass is 225 g/mol. The molecular weight excluding hydrogens is 198 g/mol. The van der Waals surface area contributed by atoms with Crippen molar-refractivity contribution in [3.63, 3.8) is 0 Å². The summed E-state index contributed by atoms with van der Waals surface area (Å²) in [7, 11) is 0. The molecule has 94 valence electrons. The second-order valence-electron chi connectivity index (χ2n) is 5.89. The summed E-state index contributed by atoms with van der Waals surface area (Å²) in [6.07, 6.45) is 11.9. The molecule has 1 aliphatic carbocycles. The quantitative estimate of drug-likeness (QED) is 0.797. The van der Waals surface area contributed by atoms with Crippen LogP contribution in [0.15, 0.2) is 0 Å². The van der Waals surface area contributed by atoms with Crippen molar-refractivity contribution < 1.29 is 4.74 Å². The first-order chi connectivity index (χ1) is 7.72. The predicted octanol–water partition coefficient (Wildman–Crippen LogP) is 3.24. The zero-order valence-electron chi connectivity index (χ0n) is 10.7. The van der Waals surface area contributed by atoms with Crippen molar-refractivity contribution in [3.05, 3.63) is 0 Å². The van der Waals surface area contributed by atoms with E-state index >= 15 is 0 Å². The van der Waals surface area contributed by atoms with Gasteiger partial charge >= 0.3 is 0 Å². The fraction of sp³-hybridized carbons (Fsp3) is 1.00. The van der Waals surface area contributed by atoms with Gasteiger partial charge < -0.3 is 10.5 Å². The molecule has 1 saturated heterocycles. The van der Waals surface area contributed by atoms with Gasteiger partial charge in [0.25, 0.3) is 0 Å². The molecule has 16 heavy (non-hydrogen) atoms. The molecule has 0 spiro atoms. The zero-order chi connectivity index (χ0) is 11.4. The van der Waals surface area contributed by atoms with Crippen molar-refractivity contribution in [1.82, 2.24) is 0 Å². The van der Waals surface area contributed by atoms with Crippen LogP contribution < -0.4 is 5.73 Å². The van der Waals surface area contributed by atoms with E-state index < -0.39 is 0 Å². The maximum absolute atomic E-state index is 6.50. The lowest BCUT2D eigenvalue weighted by Gasteiger charge is -2.37. The van der Waals surface area contributed by atoms with Gasteiger partial charge in [-0.15, -0.1) is 0 Å². The highest BCUT2D eigenvalue weighted by atomic mass is 16.5. The van der Waals surface area contributed by atoms with Crippen LogP contribution in [0.4, 0.5) is 0 Å². The molecule has 2 rings (SSSR count). The van der Waals surface area contributed by atoms with Crippen molar-refractivity contribution in [2.45, 2.75) is 76.4 Å². The number of nitrogens with two attached hydrogens (primary N) is 1. The largest absolute Gasteiger partial charge is 0.378 e. The SMILES string of the molecule is CCC1CCC(N)(CCC2CCCO2)CC1. The van der Waals surface area contributed by atoms with Crippen LogP contribution >= 0.6 is 0 Å². The van der Waals surface area contributed by atoms with Gasteiger partial charge in [0.1, 0.15) is 0 Å². The van der Waals surface area contributed by atoms with Crippen molar-refractivity contribution in [2.75, 3.05) is 6.61 Å². The maximum atomic E-state index is 6.50. The molecule has 2 aliphatic rings. The molecule has 0 amide bonds. The highest BCUT2D eigenvalue weighted by Gasteiger charge is 2.31. The van der Waals surface area contributed by atoms with Gasteiger partial charge in [-0.2, -0.15) is 0 Å². The van der Waals surface area contributed by atoms with Gasteiger partial charge in [-0.25, -0.2) is 0 Å². The van der Waals surface area contributed by atoms with Gasteiger partial charge in [0.2, 0.25) is 0 Å². The van der Waals surface area contributed by atoms with Crippen molar-refractivity contribution >= 4 is 0 Å². The lowest BCUT2D eigenvalue weighted by Crippen LogP contribution is -2.43. The Morgan fingerprint density at radius 2 is 2.00 bits per heavy atom. The Labute approximate surface area is 99.9 Å². The van der Waals surface area contributed by atoms with E-state index in [9.17, 15) is 0 Å². The number of hydrogen-bond donors (Lipinski definition) is 1. The molecule has 0 aromatic heterocycles. The molecule has 1 unspecified atom stereocenters. The molecule has 0 aromatic carbocycles. The van der Waals surface area contributed by atoms with Crippen LogP contribution in [0.1, 0.15) is 64.7 Å². The van der Waals surface area contributed by atoms with Crippen LogP contribution in [0.25, 0.3) is 0 Å². The molecule has 0 radical (unpaired) electrons. The number of rotatable bonds is 4. The van der Waals surface area contributed by atoms with Gasteiger partial charge in [0, 0.05) is 12.1 Å². The minimum absolute atomic E-state index is 0.137. The summed E-state index contributed by atoms with van der Waals surface area (Å²) >= 11 is 0. The normalized spacial score (nSPS) is 40.1. The van der Waals surface area contributed by atoms with Gasteiger partial charge in [0.05, 0.1) is 6.10 Å². The molecule has 2 nitrogen and oxygen atoms in total. The van der Waals surface area contributed by atoms with Crippen molar-refractivity contribution in [3.8, 4) is 0 Å². The topological polar surface area (TPSA) is 35.2 Å². The fourth-order valence-electron chi connectivity index (χ4n) is 3.23. The van der Waals surface area contributed by atoms with E-state index in [0.29, 0.717) is 6.10 Å². The zero-order valence-corrected chi connectivity index (χ0v) is 10.7. The summed E-state index contributed by atoms with van der Waals surface area (Å²) < 4.78 is 5.68. The smallest absolute Gasteiger partial charge is 0.0576 e. The average Bonchev–Trinajstić information content (AvgIpc) is 2.81. The first-order valence-corrected chi connectivity index (χ1v) is 7.12. The Bertz CT molecular complexity index is 203. The van der Waals surface area contributed by atoms with E-state index in [1.807, 2.05) is 0 Å². The van der Waals surface area contributed by atoms with Gasteiger partial charge in [-0.1, -0.05) is 13.3 Å². The Morgan fingerprint density at radius 3 is 2.56 bits per heavy atom. The van der Waals surface area contributed by atoms with Crippen LogP contribution in [0.5, 0.6) is 0 Å². The summed E-state index contributed by atoms with van der Waals surface area (Å²) in [5, 5.41) is 0. The van der Waals surface area contributed by atoms with E-state index in [4.69, 9.17) is 10.5 Å². The van der Waals surface area contributed by atoms with E-state index in [0.717, 1.165) is 12.5 Å². The summed E-state index contributed by atoms with van der Waals surface area (Å²) in [6, 6.07) is 0. The van der Waals surface area contributed by atoms with Gasteiger partial charge in [-0.3, -0.25) is 0 Å². The summed E-state index contributed by atoms with van der Waals surface area (Å²) in [5.41, 5.74) is 6.64. The summed E-state index contributed by atoms with van der Waals surface area (Å²) in [5.74, 6) is 0.944. The van der Waals surface area contributed by atoms with Crippen LogP contribution in [0.2, 0.25) is 0 Å². The molecule has 1 heterocycles. The van der Waals surface area contributed by atoms with Gasteiger partial charge in [-0.05, 0) is 57.3 Å². The molecule has 0 bridgehead atoms. The Morgan fingerprint density at radius 1 is 1.25 bits per heavy atom. The van der Waals surface area contributed by atoms with Crippen LogP contribution in [0, 0.1) is 5.92 Å². The molecule has 2 N–H and O–H groups in total. The lowest BCUT2D eigenvalue weighted by atomic mass is 9.74. The van der Waals surface area contributed by atoms with Gasteiger partial charge in [0.15, 0.2) is 0 Å². The van der Waals surface area contributed by atoms with Crippen molar-refractivity contribution in [1.29, 1.82) is 0 Å². The number of ether oxygens (including phenoxy) is 1. The second kappa shape index (κ2) is 5.50. The molecular formula is C14H27NO. The minimum atomic E-state index is 0.137. The van der Waals surface area contributed by atoms with E-state index in [1.165, 1.54) is 57.8 Å². The third-order valence-corrected chi connectivity index (χ3v) is 4.67. The molecule has 1 atom stereocenters. The third kappa shape index (κ3) is 3.21. The Hall–Kier alpha value is -0.0800. The standard InChI is InChI=1S/C14H27NO/c1-2-12-5-8-14(15,9-6-12)10-7-13-4-3-11-16-13/h12-13H,2-11,15H2,1H3. The fourth-order valence-corrected chi connectivity index (χ4v) is 3.23. The molecule has 1 saturated carbocycles. The predicted molar refractivity (Wildman–Crippen MR) is 67.4 cm³/mol. The third-order valence-electron chi connectivity index (χ3n) is 4.67. The van der Waals surface area contributed by atoms with E-state index in [2.05, 4.69) is 6.92 Å². The lowest BCUT2D eigenvalue weighted by molar-refractivity contribution is 0.0899. The Balaban J connectivity index is 1.71. The molecule has 2 fully saturated rings. The molecule has 2 heteroatoms. The first-order valence-electron chi connectivity index (χ1n) is 7.12. The van der Waals surface area contributed by atoms with Crippen LogP contribution in [0.3, 0.4) is 0 Å². The van der Waals surface area contributed by atoms with Crippen LogP contribution in [-0.4, -0.2) is 18.2 Å². The number of hydrogen-bond acceptors (Lipinski definition) is 2. The Kier molecular flexibility index (Phi) is 4.26. The minimum Gasteiger partial charge on any atom is -0.378 e. The average molecular weight is 225 g/mol. The maximum Gasteiger partial charge on any atom is 0.0576 e. The van der Waals surface area contributed by atoms with Crippen molar-refractivity contribution in [2.24, 2.45) is 11.7 Å². The summed E-state index contributed by atoms with van der Waals surface area (Å²) in [6.45, 7) is 3.28. The van der Waals surface area contributed by atoms with E-state index in [-0.39, 0.29) is 5.54 Å². The van der Waals surface area contributed by atoms with E-state index in [1.54, 1.807) is 0 Å².